The largest absolute Gasteiger partial charge is 0.453 e. The predicted molar refractivity (Wildman–Crippen MR) is 97.3 cm³/mol. The fraction of sp³-hybridized carbons (Fsp3) is 0.222. The molecule has 2 rings (SSSR count). The second-order valence-electron chi connectivity index (χ2n) is 5.30. The minimum absolute atomic E-state index is 0.107. The van der Waals surface area contributed by atoms with Gasteiger partial charge in [-0.15, -0.1) is 11.8 Å². The molecule has 0 fully saturated rings. The zero-order valence-electron chi connectivity index (χ0n) is 13.8. The Hall–Kier alpha value is -2.12. The summed E-state index contributed by atoms with van der Waals surface area (Å²) in [7, 11) is 0. The summed E-state index contributed by atoms with van der Waals surface area (Å²) >= 11 is 7.25. The number of ether oxygens (including phenoxy) is 1. The fourth-order valence-electron chi connectivity index (χ4n) is 1.92. The van der Waals surface area contributed by atoms with E-state index < -0.39 is 29.6 Å². The Morgan fingerprint density at radius 2 is 1.88 bits per heavy atom. The first-order valence-corrected chi connectivity index (χ1v) is 9.05. The maximum absolute atomic E-state index is 13.5. The summed E-state index contributed by atoms with van der Waals surface area (Å²) in [6.07, 6.45) is -0.997. The van der Waals surface area contributed by atoms with Gasteiger partial charge in [-0.25, -0.2) is 8.78 Å². The van der Waals surface area contributed by atoms with Gasteiger partial charge in [-0.2, -0.15) is 0 Å². The summed E-state index contributed by atoms with van der Waals surface area (Å²) in [6, 6.07) is 9.95. The van der Waals surface area contributed by atoms with Crippen molar-refractivity contribution in [3.8, 4) is 0 Å². The van der Waals surface area contributed by atoms with Crippen LogP contribution in [0, 0.1) is 11.6 Å². The number of hydrogen-bond acceptors (Lipinski definition) is 4. The SMILES string of the molecule is C[C@H](OC(=O)CCSc1ccc(Cl)cc1)C(=O)Nc1ccc(F)cc1F. The molecule has 1 amide bonds. The van der Waals surface area contributed by atoms with Crippen molar-refractivity contribution in [2.45, 2.75) is 24.3 Å². The molecule has 4 nitrogen and oxygen atoms in total. The van der Waals surface area contributed by atoms with Gasteiger partial charge in [0.05, 0.1) is 12.1 Å². The monoisotopic (exact) mass is 399 g/mol. The number of thioether (sulfide) groups is 1. The Kier molecular flexibility index (Phi) is 7.41. The Bertz CT molecular complexity index is 787. The predicted octanol–water partition coefficient (Wildman–Crippen LogP) is 4.67. The van der Waals surface area contributed by atoms with E-state index in [0.717, 1.165) is 17.0 Å². The van der Waals surface area contributed by atoms with Crippen molar-refractivity contribution in [1.82, 2.24) is 0 Å². The topological polar surface area (TPSA) is 55.4 Å². The summed E-state index contributed by atoms with van der Waals surface area (Å²) < 4.78 is 31.4. The van der Waals surface area contributed by atoms with Gasteiger partial charge in [0.1, 0.15) is 11.6 Å². The van der Waals surface area contributed by atoms with Crippen molar-refractivity contribution in [2.75, 3.05) is 11.1 Å². The summed E-state index contributed by atoms with van der Waals surface area (Å²) in [5.41, 5.74) is -0.183. The van der Waals surface area contributed by atoms with Crippen LogP contribution in [0.1, 0.15) is 13.3 Å². The first-order chi connectivity index (χ1) is 12.3. The Labute approximate surface area is 158 Å². The highest BCUT2D eigenvalue weighted by Crippen LogP contribution is 2.21. The van der Waals surface area contributed by atoms with Crippen molar-refractivity contribution in [3.63, 3.8) is 0 Å². The second kappa shape index (κ2) is 9.54. The van der Waals surface area contributed by atoms with Gasteiger partial charge in [0, 0.05) is 21.7 Å². The zero-order chi connectivity index (χ0) is 19.1. The number of amides is 1. The van der Waals surface area contributed by atoms with Crippen LogP contribution in [-0.4, -0.2) is 23.7 Å². The van der Waals surface area contributed by atoms with Crippen LogP contribution in [0.4, 0.5) is 14.5 Å². The maximum Gasteiger partial charge on any atom is 0.307 e. The first-order valence-electron chi connectivity index (χ1n) is 7.69. The summed E-state index contributed by atoms with van der Waals surface area (Å²) in [5.74, 6) is -2.43. The normalized spacial score (nSPS) is 11.7. The fourth-order valence-corrected chi connectivity index (χ4v) is 2.88. The van der Waals surface area contributed by atoms with Crippen LogP contribution in [0.2, 0.25) is 5.02 Å². The maximum atomic E-state index is 13.5. The number of rotatable bonds is 7. The van der Waals surface area contributed by atoms with E-state index in [1.165, 1.54) is 18.7 Å². The van der Waals surface area contributed by atoms with Gasteiger partial charge in [-0.1, -0.05) is 11.6 Å². The number of hydrogen-bond donors (Lipinski definition) is 1. The average molecular weight is 400 g/mol. The number of carbonyl (C=O) groups excluding carboxylic acids is 2. The molecule has 0 aliphatic carbocycles. The third-order valence-corrected chi connectivity index (χ3v) is 4.52. The van der Waals surface area contributed by atoms with Crippen molar-refractivity contribution < 1.29 is 23.1 Å². The molecule has 138 valence electrons. The number of anilines is 1. The lowest BCUT2D eigenvalue weighted by Crippen LogP contribution is -2.30. The molecule has 1 N–H and O–H groups in total. The van der Waals surface area contributed by atoms with Crippen LogP contribution in [0.3, 0.4) is 0 Å². The van der Waals surface area contributed by atoms with Gasteiger partial charge >= 0.3 is 5.97 Å². The van der Waals surface area contributed by atoms with E-state index in [0.29, 0.717) is 16.8 Å². The van der Waals surface area contributed by atoms with Gasteiger partial charge in [-0.3, -0.25) is 9.59 Å². The van der Waals surface area contributed by atoms with Gasteiger partial charge in [0.15, 0.2) is 6.10 Å². The van der Waals surface area contributed by atoms with Crippen LogP contribution in [0.15, 0.2) is 47.4 Å². The van der Waals surface area contributed by atoms with Crippen LogP contribution in [0.25, 0.3) is 0 Å². The number of halogens is 3. The van der Waals surface area contributed by atoms with Crippen LogP contribution >= 0.6 is 23.4 Å². The molecule has 0 unspecified atom stereocenters. The molecule has 0 aliphatic heterocycles. The number of benzene rings is 2. The molecule has 0 heterocycles. The summed E-state index contributed by atoms with van der Waals surface area (Å²) in [6.45, 7) is 1.38. The number of nitrogens with one attached hydrogen (secondary N) is 1. The van der Waals surface area contributed by atoms with Crippen molar-refractivity contribution >= 4 is 40.9 Å². The van der Waals surface area contributed by atoms with Crippen LogP contribution < -0.4 is 5.32 Å². The van der Waals surface area contributed by atoms with Crippen molar-refractivity contribution in [3.05, 3.63) is 59.1 Å². The second-order valence-corrected chi connectivity index (χ2v) is 6.90. The molecule has 26 heavy (non-hydrogen) atoms. The van der Waals surface area contributed by atoms with Crippen molar-refractivity contribution in [2.24, 2.45) is 0 Å². The van der Waals surface area contributed by atoms with Gasteiger partial charge in [0.2, 0.25) is 0 Å². The van der Waals surface area contributed by atoms with E-state index in [1.54, 1.807) is 12.1 Å². The Morgan fingerprint density at radius 1 is 1.19 bits per heavy atom. The highest BCUT2D eigenvalue weighted by atomic mass is 35.5. The highest BCUT2D eigenvalue weighted by molar-refractivity contribution is 7.99. The van der Waals surface area contributed by atoms with E-state index in [-0.39, 0.29) is 12.1 Å². The molecule has 2 aromatic rings. The molecular formula is C18H16ClF2NO3S. The van der Waals surface area contributed by atoms with Crippen LogP contribution in [-0.2, 0) is 14.3 Å². The first kappa shape index (κ1) is 20.2. The highest BCUT2D eigenvalue weighted by Gasteiger charge is 2.19. The van der Waals surface area contributed by atoms with E-state index in [9.17, 15) is 18.4 Å². The van der Waals surface area contributed by atoms with Gasteiger partial charge in [0.25, 0.3) is 5.91 Å². The standard InChI is InChI=1S/C18H16ClF2NO3S/c1-11(18(24)22-16-7-4-13(20)10-15(16)21)25-17(23)8-9-26-14-5-2-12(19)3-6-14/h2-7,10-11H,8-9H2,1H3,(H,22,24)/t11-/m0/s1. The smallest absolute Gasteiger partial charge is 0.307 e. The molecule has 0 saturated heterocycles. The zero-order valence-corrected chi connectivity index (χ0v) is 15.4. The lowest BCUT2D eigenvalue weighted by Gasteiger charge is -2.14. The quantitative estimate of drug-likeness (QED) is 0.543. The molecule has 0 spiro atoms. The van der Waals surface area contributed by atoms with E-state index in [2.05, 4.69) is 5.32 Å². The molecule has 0 aromatic heterocycles. The van der Waals surface area contributed by atoms with E-state index in [4.69, 9.17) is 16.3 Å². The van der Waals surface area contributed by atoms with E-state index in [1.807, 2.05) is 12.1 Å². The lowest BCUT2D eigenvalue weighted by molar-refractivity contribution is -0.152. The minimum atomic E-state index is -1.10. The Morgan fingerprint density at radius 3 is 2.54 bits per heavy atom. The van der Waals surface area contributed by atoms with E-state index >= 15 is 0 Å². The molecule has 1 atom stereocenters. The lowest BCUT2D eigenvalue weighted by atomic mass is 10.2. The van der Waals surface area contributed by atoms with Gasteiger partial charge in [-0.05, 0) is 43.3 Å². The summed E-state index contributed by atoms with van der Waals surface area (Å²) in [5, 5.41) is 2.88. The molecule has 0 radical (unpaired) electrons. The number of carbonyl (C=O) groups is 2. The number of esters is 1. The molecule has 8 heteroatoms. The third kappa shape index (κ3) is 6.31. The molecule has 0 saturated carbocycles. The van der Waals surface area contributed by atoms with Gasteiger partial charge < -0.3 is 10.1 Å². The Balaban J connectivity index is 1.76. The summed E-state index contributed by atoms with van der Waals surface area (Å²) in [4.78, 5) is 24.7. The van der Waals surface area contributed by atoms with Crippen LogP contribution in [0.5, 0.6) is 0 Å². The third-order valence-electron chi connectivity index (χ3n) is 3.26. The average Bonchev–Trinajstić information content (AvgIpc) is 2.59. The molecule has 2 aromatic carbocycles. The van der Waals surface area contributed by atoms with Crippen molar-refractivity contribution in [1.29, 1.82) is 0 Å². The molecule has 0 aliphatic rings. The molecular weight excluding hydrogens is 384 g/mol. The molecule has 0 bridgehead atoms. The minimum Gasteiger partial charge on any atom is -0.453 e.